The molecule has 1 aromatic rings. The van der Waals surface area contributed by atoms with Gasteiger partial charge in [0.25, 0.3) is 0 Å². The third-order valence-electron chi connectivity index (χ3n) is 2.81. The molecule has 2 rings (SSSR count). The topological polar surface area (TPSA) is 44.0 Å². The second kappa shape index (κ2) is 3.11. The van der Waals surface area contributed by atoms with E-state index in [9.17, 15) is 9.50 Å². The molecular weight excluding hydrogens is 217 g/mol. The van der Waals surface area contributed by atoms with Crippen molar-refractivity contribution in [3.8, 4) is 11.8 Å². The molecule has 1 aliphatic rings. The zero-order valence-corrected chi connectivity index (χ0v) is 8.90. The van der Waals surface area contributed by atoms with Gasteiger partial charge in [-0.05, 0) is 31.4 Å². The molecule has 15 heavy (non-hydrogen) atoms. The minimum atomic E-state index is -0.770. The normalized spacial score (nSPS) is 17.2. The molecule has 1 saturated carbocycles. The largest absolute Gasteiger partial charge is 0.505 e. The molecule has 1 fully saturated rings. The third-order valence-corrected chi connectivity index (χ3v) is 3.30. The first-order valence-corrected chi connectivity index (χ1v) is 4.99. The Morgan fingerprint density at radius 2 is 2.20 bits per heavy atom. The second-order valence-corrected chi connectivity index (χ2v) is 4.28. The molecule has 0 radical (unpaired) electrons. The van der Waals surface area contributed by atoms with E-state index in [-0.39, 0.29) is 5.56 Å². The molecule has 1 N–H and O–H groups in total. The van der Waals surface area contributed by atoms with Crippen LogP contribution in [0, 0.1) is 24.1 Å². The number of aryl methyl sites for hydroxylation is 1. The monoisotopic (exact) mass is 225 g/mol. The van der Waals surface area contributed by atoms with Gasteiger partial charge in [0.05, 0.1) is 16.5 Å². The second-order valence-electron chi connectivity index (χ2n) is 3.91. The van der Waals surface area contributed by atoms with Gasteiger partial charge in [0.15, 0.2) is 11.6 Å². The van der Waals surface area contributed by atoms with E-state index in [1.165, 1.54) is 6.07 Å². The number of rotatable bonds is 1. The van der Waals surface area contributed by atoms with E-state index in [4.69, 9.17) is 16.9 Å². The Kier molecular flexibility index (Phi) is 2.13. The van der Waals surface area contributed by atoms with Crippen molar-refractivity contribution in [2.45, 2.75) is 25.2 Å². The minimum Gasteiger partial charge on any atom is -0.505 e. The average molecular weight is 226 g/mol. The lowest BCUT2D eigenvalue weighted by atomic mass is 9.94. The Morgan fingerprint density at radius 3 is 2.67 bits per heavy atom. The lowest BCUT2D eigenvalue weighted by Crippen LogP contribution is -2.06. The first-order chi connectivity index (χ1) is 7.02. The van der Waals surface area contributed by atoms with Crippen LogP contribution in [-0.4, -0.2) is 5.11 Å². The lowest BCUT2D eigenvalue weighted by Gasteiger charge is -2.13. The summed E-state index contributed by atoms with van der Waals surface area (Å²) in [6, 6.07) is 3.27. The van der Waals surface area contributed by atoms with Crippen molar-refractivity contribution in [1.82, 2.24) is 0 Å². The fourth-order valence-corrected chi connectivity index (χ4v) is 2.05. The highest BCUT2D eigenvalue weighted by Crippen LogP contribution is 2.54. The van der Waals surface area contributed by atoms with Gasteiger partial charge in [-0.25, -0.2) is 4.39 Å². The maximum atomic E-state index is 13.3. The van der Waals surface area contributed by atoms with Crippen LogP contribution in [0.2, 0.25) is 5.02 Å². The molecular formula is C11H9ClFNO. The minimum absolute atomic E-state index is 0.254. The van der Waals surface area contributed by atoms with Crippen LogP contribution in [0.3, 0.4) is 0 Å². The molecule has 0 aromatic heterocycles. The number of phenols is 1. The van der Waals surface area contributed by atoms with E-state index in [1.54, 1.807) is 6.92 Å². The van der Waals surface area contributed by atoms with Gasteiger partial charge in [0, 0.05) is 5.56 Å². The van der Waals surface area contributed by atoms with Crippen LogP contribution < -0.4 is 0 Å². The van der Waals surface area contributed by atoms with Gasteiger partial charge in [-0.15, -0.1) is 0 Å². The van der Waals surface area contributed by atoms with Crippen molar-refractivity contribution in [3.63, 3.8) is 0 Å². The van der Waals surface area contributed by atoms with Crippen LogP contribution >= 0.6 is 11.6 Å². The van der Waals surface area contributed by atoms with Crippen LogP contribution in [0.15, 0.2) is 6.07 Å². The fraction of sp³-hybridized carbons (Fsp3) is 0.364. The lowest BCUT2D eigenvalue weighted by molar-refractivity contribution is 0.422. The first-order valence-electron chi connectivity index (χ1n) is 4.61. The van der Waals surface area contributed by atoms with Crippen molar-refractivity contribution in [2.75, 3.05) is 0 Å². The SMILES string of the molecule is Cc1cc(F)c(O)c(C2(C#N)CC2)c1Cl. The highest BCUT2D eigenvalue weighted by atomic mass is 35.5. The van der Waals surface area contributed by atoms with Gasteiger partial charge in [0.2, 0.25) is 0 Å². The molecule has 0 aliphatic heterocycles. The average Bonchev–Trinajstić information content (AvgIpc) is 2.96. The third kappa shape index (κ3) is 1.37. The molecule has 1 aliphatic carbocycles. The van der Waals surface area contributed by atoms with Crippen LogP contribution in [0.5, 0.6) is 5.75 Å². The summed E-state index contributed by atoms with van der Waals surface area (Å²) in [4.78, 5) is 0. The molecule has 0 bridgehead atoms. The predicted molar refractivity (Wildman–Crippen MR) is 54.3 cm³/mol. The van der Waals surface area contributed by atoms with Crippen LogP contribution in [0.1, 0.15) is 24.0 Å². The summed E-state index contributed by atoms with van der Waals surface area (Å²) in [5.74, 6) is -1.20. The van der Waals surface area contributed by atoms with Crippen LogP contribution in [0.25, 0.3) is 0 Å². The maximum absolute atomic E-state index is 13.3. The number of hydrogen-bond acceptors (Lipinski definition) is 2. The summed E-state index contributed by atoms with van der Waals surface area (Å²) in [5, 5.41) is 18.9. The summed E-state index contributed by atoms with van der Waals surface area (Å²) < 4.78 is 13.3. The van der Waals surface area contributed by atoms with E-state index >= 15 is 0 Å². The van der Waals surface area contributed by atoms with Gasteiger partial charge < -0.3 is 5.11 Å². The molecule has 78 valence electrons. The van der Waals surface area contributed by atoms with Gasteiger partial charge in [-0.2, -0.15) is 5.26 Å². The smallest absolute Gasteiger partial charge is 0.165 e. The molecule has 0 atom stereocenters. The van der Waals surface area contributed by atoms with Crippen molar-refractivity contribution < 1.29 is 9.50 Å². The Bertz CT molecular complexity index is 448. The van der Waals surface area contributed by atoms with Gasteiger partial charge in [-0.1, -0.05) is 11.6 Å². The summed E-state index contributed by atoms with van der Waals surface area (Å²) >= 11 is 6.00. The number of halogens is 2. The molecule has 2 nitrogen and oxygen atoms in total. The molecule has 1 aromatic carbocycles. The zero-order chi connectivity index (χ0) is 11.2. The molecule has 0 amide bonds. The number of benzene rings is 1. The van der Waals surface area contributed by atoms with Gasteiger partial charge in [-0.3, -0.25) is 0 Å². The molecule has 0 saturated heterocycles. The Morgan fingerprint density at radius 1 is 1.60 bits per heavy atom. The van der Waals surface area contributed by atoms with E-state index < -0.39 is 17.0 Å². The van der Waals surface area contributed by atoms with Crippen molar-refractivity contribution in [2.24, 2.45) is 0 Å². The Labute approximate surface area is 91.9 Å². The first kappa shape index (κ1) is 10.3. The van der Waals surface area contributed by atoms with Crippen molar-refractivity contribution in [1.29, 1.82) is 5.26 Å². The van der Waals surface area contributed by atoms with Crippen LogP contribution in [0.4, 0.5) is 4.39 Å². The molecule has 0 heterocycles. The quantitative estimate of drug-likeness (QED) is 0.798. The van der Waals surface area contributed by atoms with Crippen molar-refractivity contribution >= 4 is 11.6 Å². The molecule has 4 heteroatoms. The number of aromatic hydroxyl groups is 1. The zero-order valence-electron chi connectivity index (χ0n) is 8.14. The fourth-order valence-electron chi connectivity index (χ4n) is 1.72. The van der Waals surface area contributed by atoms with Crippen LogP contribution in [-0.2, 0) is 5.41 Å². The number of hydrogen-bond donors (Lipinski definition) is 1. The van der Waals surface area contributed by atoms with Gasteiger partial charge >= 0.3 is 0 Å². The predicted octanol–water partition coefficient (Wildman–Crippen LogP) is 3.05. The Hall–Kier alpha value is -1.27. The van der Waals surface area contributed by atoms with E-state index in [0.717, 1.165) is 0 Å². The summed E-state index contributed by atoms with van der Waals surface area (Å²) in [5.41, 5.74) is 0.0289. The highest BCUT2D eigenvalue weighted by molar-refractivity contribution is 6.32. The number of nitrogens with zero attached hydrogens (tertiary/aromatic N) is 1. The Balaban J connectivity index is 2.71. The summed E-state index contributed by atoms with van der Waals surface area (Å²) in [6.07, 6.45) is 1.25. The van der Waals surface area contributed by atoms with E-state index in [2.05, 4.69) is 6.07 Å². The highest BCUT2D eigenvalue weighted by Gasteiger charge is 2.49. The molecule has 0 spiro atoms. The van der Waals surface area contributed by atoms with Gasteiger partial charge in [0.1, 0.15) is 0 Å². The summed E-state index contributed by atoms with van der Waals surface area (Å²) in [7, 11) is 0. The molecule has 0 unspecified atom stereocenters. The van der Waals surface area contributed by atoms with Crippen molar-refractivity contribution in [3.05, 3.63) is 28.0 Å². The van der Waals surface area contributed by atoms with E-state index in [1.807, 2.05) is 0 Å². The number of nitriles is 1. The standard InChI is InChI=1S/C11H9ClFNO/c1-6-4-7(13)10(15)8(9(6)12)11(5-14)2-3-11/h4,15H,2-3H2,1H3. The maximum Gasteiger partial charge on any atom is 0.165 e. The summed E-state index contributed by atoms with van der Waals surface area (Å²) in [6.45, 7) is 1.65. The van der Waals surface area contributed by atoms with E-state index in [0.29, 0.717) is 23.4 Å². The number of phenolic OH excluding ortho intramolecular Hbond substituents is 1.